The van der Waals surface area contributed by atoms with Crippen LogP contribution in [0.1, 0.15) is 19.8 Å². The Balaban J connectivity index is 5.24. The second kappa shape index (κ2) is 12.9. The normalized spacial score (nSPS) is 15.9. The predicted molar refractivity (Wildman–Crippen MR) is 101 cm³/mol. The highest BCUT2D eigenvalue weighted by Crippen LogP contribution is 2.01. The first-order chi connectivity index (χ1) is 13.4. The molecule has 0 saturated heterocycles. The second-order valence-corrected chi connectivity index (χ2v) is 6.46. The van der Waals surface area contributed by atoms with E-state index in [-0.39, 0.29) is 12.2 Å². The van der Waals surface area contributed by atoms with Crippen LogP contribution >= 0.6 is 12.6 Å². The molecule has 29 heavy (non-hydrogen) atoms. The van der Waals surface area contributed by atoms with Crippen molar-refractivity contribution in [2.75, 3.05) is 12.4 Å². The van der Waals surface area contributed by atoms with Crippen LogP contribution in [-0.4, -0.2) is 92.7 Å². The third kappa shape index (κ3) is 9.56. The Morgan fingerprint density at radius 1 is 0.966 bits per heavy atom. The molecule has 5 atom stereocenters. The number of aliphatic hydroxyl groups excluding tert-OH is 2. The molecule has 0 aromatic rings. The van der Waals surface area contributed by atoms with E-state index in [1.807, 2.05) is 5.32 Å². The van der Waals surface area contributed by atoms with Crippen molar-refractivity contribution in [1.29, 1.82) is 0 Å². The summed E-state index contributed by atoms with van der Waals surface area (Å²) in [5, 5.41) is 42.8. The molecule has 13 nitrogen and oxygen atoms in total. The van der Waals surface area contributed by atoms with Crippen LogP contribution in [0.4, 0.5) is 0 Å². The summed E-state index contributed by atoms with van der Waals surface area (Å²) >= 11 is 3.84. The van der Waals surface area contributed by atoms with Crippen LogP contribution in [0.3, 0.4) is 0 Å². The lowest BCUT2D eigenvalue weighted by Gasteiger charge is -2.24. The maximum absolute atomic E-state index is 12.4. The first kappa shape index (κ1) is 26.6. The number of nitrogens with one attached hydrogen (secondary N) is 3. The van der Waals surface area contributed by atoms with Gasteiger partial charge in [-0.3, -0.25) is 19.2 Å². The Hall–Kier alpha value is -2.42. The number of hydrogen-bond donors (Lipinski definition) is 9. The van der Waals surface area contributed by atoms with Crippen LogP contribution in [0.2, 0.25) is 0 Å². The number of aliphatic carboxylic acids is 2. The monoisotopic (exact) mass is 438 g/mol. The molecule has 0 saturated carbocycles. The van der Waals surface area contributed by atoms with Crippen LogP contribution in [0.5, 0.6) is 0 Å². The average molecular weight is 438 g/mol. The molecule has 0 fully saturated rings. The molecule has 0 heterocycles. The summed E-state index contributed by atoms with van der Waals surface area (Å²) in [6.07, 6.45) is -2.29. The highest BCUT2D eigenvalue weighted by atomic mass is 32.1. The van der Waals surface area contributed by atoms with Crippen molar-refractivity contribution in [2.45, 2.75) is 50.0 Å². The van der Waals surface area contributed by atoms with Gasteiger partial charge in [-0.2, -0.15) is 12.6 Å². The molecule has 0 rings (SSSR count). The van der Waals surface area contributed by atoms with E-state index < -0.39 is 73.0 Å². The highest BCUT2D eigenvalue weighted by molar-refractivity contribution is 7.80. The van der Waals surface area contributed by atoms with Crippen LogP contribution in [0, 0.1) is 0 Å². The number of aliphatic hydroxyl groups is 2. The standard InChI is InChI=1S/C15H26N4O9S/c1-6(21)11(15(27)28)19-14(26)9(4-20)18-13(25)8(2-3-10(22)23)17-12(24)7(16)5-29/h6-9,11,20-21,29H,2-5,16H2,1H3,(H,17,24)(H,18,25)(H,19,26)(H,22,23)(H,27,28). The van der Waals surface area contributed by atoms with E-state index in [2.05, 4.69) is 23.3 Å². The van der Waals surface area contributed by atoms with Crippen LogP contribution in [0.25, 0.3) is 0 Å². The fourth-order valence-corrected chi connectivity index (χ4v) is 2.17. The Kier molecular flexibility index (Phi) is 11.8. The van der Waals surface area contributed by atoms with Gasteiger partial charge in [0, 0.05) is 12.2 Å². The zero-order chi connectivity index (χ0) is 22.7. The third-order valence-corrected chi connectivity index (χ3v) is 4.07. The Morgan fingerprint density at radius 3 is 1.90 bits per heavy atom. The molecule has 0 aliphatic heterocycles. The number of rotatable bonds is 13. The van der Waals surface area contributed by atoms with Gasteiger partial charge in [-0.25, -0.2) is 4.79 Å². The number of carbonyl (C=O) groups is 5. The van der Waals surface area contributed by atoms with E-state index in [1.54, 1.807) is 0 Å². The number of amides is 3. The van der Waals surface area contributed by atoms with Gasteiger partial charge in [-0.1, -0.05) is 0 Å². The zero-order valence-corrected chi connectivity index (χ0v) is 16.5. The van der Waals surface area contributed by atoms with Crippen LogP contribution in [-0.2, 0) is 24.0 Å². The summed E-state index contributed by atoms with van der Waals surface area (Å²) in [6.45, 7) is 0.188. The molecule has 5 unspecified atom stereocenters. The maximum Gasteiger partial charge on any atom is 0.328 e. The lowest BCUT2D eigenvalue weighted by Crippen LogP contribution is -2.59. The largest absolute Gasteiger partial charge is 0.481 e. The highest BCUT2D eigenvalue weighted by Gasteiger charge is 2.31. The van der Waals surface area contributed by atoms with Crippen LogP contribution < -0.4 is 21.7 Å². The van der Waals surface area contributed by atoms with Gasteiger partial charge in [0.2, 0.25) is 17.7 Å². The summed E-state index contributed by atoms with van der Waals surface area (Å²) in [6, 6.07) is -5.77. The summed E-state index contributed by atoms with van der Waals surface area (Å²) in [5.74, 6) is -5.71. The van der Waals surface area contributed by atoms with E-state index in [9.17, 15) is 34.2 Å². The molecular weight excluding hydrogens is 412 g/mol. The fraction of sp³-hybridized carbons (Fsp3) is 0.667. The van der Waals surface area contributed by atoms with E-state index in [1.165, 1.54) is 0 Å². The Labute approximate surface area is 171 Å². The van der Waals surface area contributed by atoms with Gasteiger partial charge in [-0.05, 0) is 13.3 Å². The second-order valence-electron chi connectivity index (χ2n) is 6.09. The topological polar surface area (TPSA) is 228 Å². The molecule has 0 radical (unpaired) electrons. The number of carbonyl (C=O) groups excluding carboxylic acids is 3. The molecule has 0 aliphatic rings. The Morgan fingerprint density at radius 2 is 1.48 bits per heavy atom. The molecule has 3 amide bonds. The molecule has 9 N–H and O–H groups in total. The van der Waals surface area contributed by atoms with Gasteiger partial charge in [-0.15, -0.1) is 0 Å². The zero-order valence-electron chi connectivity index (χ0n) is 15.6. The van der Waals surface area contributed by atoms with Crippen molar-refractivity contribution in [3.8, 4) is 0 Å². The minimum atomic E-state index is -1.69. The number of thiol groups is 1. The van der Waals surface area contributed by atoms with Crippen molar-refractivity contribution in [3.63, 3.8) is 0 Å². The first-order valence-electron chi connectivity index (χ1n) is 8.45. The molecular formula is C15H26N4O9S. The Bertz CT molecular complexity index is 617. The van der Waals surface area contributed by atoms with Gasteiger partial charge in [0.1, 0.15) is 12.1 Å². The molecule has 0 aromatic heterocycles. The number of hydrogen-bond acceptors (Lipinski definition) is 9. The molecule has 0 aliphatic carbocycles. The van der Waals surface area contributed by atoms with Gasteiger partial charge < -0.3 is 42.1 Å². The molecule has 0 spiro atoms. The molecule has 166 valence electrons. The van der Waals surface area contributed by atoms with E-state index in [0.717, 1.165) is 6.92 Å². The summed E-state index contributed by atoms with van der Waals surface area (Å²) < 4.78 is 0. The molecule has 14 heteroatoms. The summed E-state index contributed by atoms with van der Waals surface area (Å²) in [5.41, 5.74) is 5.49. The van der Waals surface area contributed by atoms with Crippen molar-refractivity contribution in [2.24, 2.45) is 5.73 Å². The minimum Gasteiger partial charge on any atom is -0.481 e. The third-order valence-electron chi connectivity index (χ3n) is 3.68. The van der Waals surface area contributed by atoms with Crippen molar-refractivity contribution in [3.05, 3.63) is 0 Å². The lowest BCUT2D eigenvalue weighted by molar-refractivity contribution is -0.145. The number of nitrogens with two attached hydrogens (primary N) is 1. The van der Waals surface area contributed by atoms with Crippen LogP contribution in [0.15, 0.2) is 0 Å². The quantitative estimate of drug-likeness (QED) is 0.127. The van der Waals surface area contributed by atoms with Gasteiger partial charge in [0.15, 0.2) is 6.04 Å². The maximum atomic E-state index is 12.4. The first-order valence-corrected chi connectivity index (χ1v) is 9.08. The SMILES string of the molecule is CC(O)C(NC(=O)C(CO)NC(=O)C(CCC(=O)O)NC(=O)C(N)CS)C(=O)O. The van der Waals surface area contributed by atoms with E-state index in [4.69, 9.17) is 15.9 Å². The van der Waals surface area contributed by atoms with E-state index >= 15 is 0 Å². The number of carboxylic acids is 2. The van der Waals surface area contributed by atoms with E-state index in [0.29, 0.717) is 0 Å². The smallest absolute Gasteiger partial charge is 0.328 e. The van der Waals surface area contributed by atoms with Gasteiger partial charge in [0.25, 0.3) is 0 Å². The molecule has 0 bridgehead atoms. The van der Waals surface area contributed by atoms with Crippen molar-refractivity contribution >= 4 is 42.3 Å². The average Bonchev–Trinajstić information content (AvgIpc) is 2.65. The summed E-state index contributed by atoms with van der Waals surface area (Å²) in [7, 11) is 0. The number of carboxylic acid groups (broad SMARTS) is 2. The molecule has 0 aromatic carbocycles. The van der Waals surface area contributed by atoms with Gasteiger partial charge in [0.05, 0.1) is 18.8 Å². The summed E-state index contributed by atoms with van der Waals surface area (Å²) in [4.78, 5) is 58.2. The fourth-order valence-electron chi connectivity index (χ4n) is 2.01. The predicted octanol–water partition coefficient (Wildman–Crippen LogP) is -3.98. The van der Waals surface area contributed by atoms with Crippen molar-refractivity contribution < 1.29 is 44.4 Å². The van der Waals surface area contributed by atoms with Gasteiger partial charge >= 0.3 is 11.9 Å². The minimum absolute atomic E-state index is 0.0449. The van der Waals surface area contributed by atoms with Crippen molar-refractivity contribution in [1.82, 2.24) is 16.0 Å². The lowest BCUT2D eigenvalue weighted by atomic mass is 10.1.